The summed E-state index contributed by atoms with van der Waals surface area (Å²) in [4.78, 5) is 14.7. The topological polar surface area (TPSA) is 90.4 Å². The monoisotopic (exact) mass is 347 g/mol. The molecule has 0 saturated heterocycles. The zero-order valence-electron chi connectivity index (χ0n) is 12.6. The van der Waals surface area contributed by atoms with Crippen molar-refractivity contribution < 1.29 is 14.8 Å². The van der Waals surface area contributed by atoms with Crippen LogP contribution in [0.3, 0.4) is 0 Å². The van der Waals surface area contributed by atoms with Gasteiger partial charge in [0.15, 0.2) is 0 Å². The number of ether oxygens (including phenoxy) is 1. The van der Waals surface area contributed by atoms with Crippen LogP contribution in [0.25, 0.3) is 11.0 Å². The number of aliphatic hydroxyl groups excluding tert-OH is 1. The molecule has 2 aromatic carbocycles. The van der Waals surface area contributed by atoms with E-state index in [1.807, 2.05) is 4.57 Å². The average molecular weight is 348 g/mol. The summed E-state index contributed by atoms with van der Waals surface area (Å²) in [6.45, 7) is 0.502. The van der Waals surface area contributed by atoms with Gasteiger partial charge >= 0.3 is 0 Å². The average Bonchev–Trinajstić information content (AvgIpc) is 2.91. The fourth-order valence-electron chi connectivity index (χ4n) is 2.42. The number of aliphatic hydroxyl groups is 1. The lowest BCUT2D eigenvalue weighted by Crippen LogP contribution is -2.09. The summed E-state index contributed by atoms with van der Waals surface area (Å²) in [7, 11) is 0. The van der Waals surface area contributed by atoms with Gasteiger partial charge in [0.2, 0.25) is 0 Å². The van der Waals surface area contributed by atoms with E-state index in [1.54, 1.807) is 18.2 Å². The second kappa shape index (κ2) is 6.86. The molecule has 0 aliphatic carbocycles. The second-order valence-corrected chi connectivity index (χ2v) is 5.51. The van der Waals surface area contributed by atoms with Crippen LogP contribution in [0.15, 0.2) is 42.5 Å². The van der Waals surface area contributed by atoms with Crippen molar-refractivity contribution in [3.63, 3.8) is 0 Å². The van der Waals surface area contributed by atoms with Gasteiger partial charge in [0.05, 0.1) is 22.6 Å². The first-order chi connectivity index (χ1) is 11.6. The van der Waals surface area contributed by atoms with E-state index in [4.69, 9.17) is 16.3 Å². The number of nitro benzene ring substituents is 1. The molecule has 3 aromatic rings. The molecule has 0 saturated carbocycles. The highest BCUT2D eigenvalue weighted by Crippen LogP contribution is 2.23. The minimum atomic E-state index is -0.464. The van der Waals surface area contributed by atoms with Gasteiger partial charge in [-0.05, 0) is 30.3 Å². The Morgan fingerprint density at radius 3 is 2.67 bits per heavy atom. The molecule has 8 heteroatoms. The minimum absolute atomic E-state index is 0.00418. The minimum Gasteiger partial charge on any atom is -0.486 e. The quantitative estimate of drug-likeness (QED) is 0.546. The van der Waals surface area contributed by atoms with Crippen molar-refractivity contribution in [3.8, 4) is 5.75 Å². The molecule has 3 rings (SSSR count). The van der Waals surface area contributed by atoms with Gasteiger partial charge < -0.3 is 14.4 Å². The number of nitro groups is 1. The van der Waals surface area contributed by atoms with E-state index < -0.39 is 4.92 Å². The third kappa shape index (κ3) is 3.32. The van der Waals surface area contributed by atoms with Crippen LogP contribution < -0.4 is 4.74 Å². The molecule has 0 fully saturated rings. The Hall–Kier alpha value is -2.64. The van der Waals surface area contributed by atoms with Crippen LogP contribution in [0.4, 0.5) is 5.69 Å². The number of aromatic nitrogens is 2. The lowest BCUT2D eigenvalue weighted by atomic mass is 10.3. The summed E-state index contributed by atoms with van der Waals surface area (Å²) in [5, 5.41) is 20.5. The summed E-state index contributed by atoms with van der Waals surface area (Å²) >= 11 is 6.02. The highest BCUT2D eigenvalue weighted by molar-refractivity contribution is 6.31. The maximum Gasteiger partial charge on any atom is 0.269 e. The maximum absolute atomic E-state index is 10.7. The van der Waals surface area contributed by atoms with Gasteiger partial charge in [0, 0.05) is 23.7 Å². The van der Waals surface area contributed by atoms with Gasteiger partial charge in [0.1, 0.15) is 18.2 Å². The number of hydrogen-bond acceptors (Lipinski definition) is 5. The summed E-state index contributed by atoms with van der Waals surface area (Å²) < 4.78 is 7.49. The van der Waals surface area contributed by atoms with E-state index in [9.17, 15) is 15.2 Å². The molecular weight excluding hydrogens is 334 g/mol. The predicted molar refractivity (Wildman–Crippen MR) is 89.3 cm³/mol. The number of hydrogen-bond donors (Lipinski definition) is 1. The number of halogens is 1. The molecule has 1 N–H and O–H groups in total. The first-order valence-corrected chi connectivity index (χ1v) is 7.59. The van der Waals surface area contributed by atoms with E-state index in [0.717, 1.165) is 11.0 Å². The fourth-order valence-corrected chi connectivity index (χ4v) is 2.58. The van der Waals surface area contributed by atoms with Crippen molar-refractivity contribution in [1.82, 2.24) is 9.55 Å². The highest BCUT2D eigenvalue weighted by Gasteiger charge is 2.12. The number of nitrogens with zero attached hydrogens (tertiary/aromatic N) is 3. The Morgan fingerprint density at radius 1 is 1.25 bits per heavy atom. The maximum atomic E-state index is 10.7. The third-order valence-corrected chi connectivity index (χ3v) is 3.76. The van der Waals surface area contributed by atoms with Crippen LogP contribution in [0.5, 0.6) is 5.75 Å². The molecule has 0 aliphatic heterocycles. The van der Waals surface area contributed by atoms with E-state index in [2.05, 4.69) is 4.98 Å². The van der Waals surface area contributed by atoms with Crippen molar-refractivity contribution in [2.24, 2.45) is 0 Å². The van der Waals surface area contributed by atoms with Crippen LogP contribution in [0.2, 0.25) is 5.02 Å². The van der Waals surface area contributed by atoms with Gasteiger partial charge in [-0.3, -0.25) is 10.1 Å². The Labute approximate surface area is 142 Å². The summed E-state index contributed by atoms with van der Waals surface area (Å²) in [6, 6.07) is 11.2. The summed E-state index contributed by atoms with van der Waals surface area (Å²) in [6.07, 6.45) is 0. The molecule has 0 radical (unpaired) electrons. The standard InChI is InChI=1S/C16H14ClN3O4/c17-11-1-6-14-15(9-11)19(7-8-21)16(18-14)10-24-13-4-2-12(3-5-13)20(22)23/h1-6,9,21H,7-8,10H2. The molecule has 1 aromatic heterocycles. The molecule has 0 bridgehead atoms. The predicted octanol–water partition coefficient (Wildman–Crippen LogP) is 3.17. The molecule has 1 heterocycles. The summed E-state index contributed by atoms with van der Waals surface area (Å²) in [5.41, 5.74) is 1.58. The Kier molecular flexibility index (Phi) is 4.64. The number of benzene rings is 2. The number of imidazole rings is 1. The van der Waals surface area contributed by atoms with E-state index >= 15 is 0 Å². The number of rotatable bonds is 6. The zero-order chi connectivity index (χ0) is 17.1. The Balaban J connectivity index is 1.83. The Morgan fingerprint density at radius 2 is 2.00 bits per heavy atom. The lowest BCUT2D eigenvalue weighted by Gasteiger charge is -2.09. The smallest absolute Gasteiger partial charge is 0.269 e. The van der Waals surface area contributed by atoms with Gasteiger partial charge in [-0.1, -0.05) is 11.6 Å². The summed E-state index contributed by atoms with van der Waals surface area (Å²) in [5.74, 6) is 1.14. The van der Waals surface area contributed by atoms with Crippen LogP contribution in [-0.2, 0) is 13.2 Å². The molecule has 0 spiro atoms. The first kappa shape index (κ1) is 16.2. The van der Waals surface area contributed by atoms with Gasteiger partial charge in [-0.2, -0.15) is 0 Å². The third-order valence-electron chi connectivity index (χ3n) is 3.53. The molecule has 0 amide bonds. The van der Waals surface area contributed by atoms with Crippen molar-refractivity contribution in [2.75, 3.05) is 6.61 Å². The van der Waals surface area contributed by atoms with Crippen molar-refractivity contribution in [3.05, 3.63) is 63.4 Å². The van der Waals surface area contributed by atoms with Crippen molar-refractivity contribution in [1.29, 1.82) is 0 Å². The zero-order valence-corrected chi connectivity index (χ0v) is 13.3. The SMILES string of the molecule is O=[N+]([O-])c1ccc(OCc2nc3ccc(Cl)cc3n2CCO)cc1. The van der Waals surface area contributed by atoms with Crippen LogP contribution in [0.1, 0.15) is 5.82 Å². The van der Waals surface area contributed by atoms with Crippen molar-refractivity contribution in [2.45, 2.75) is 13.2 Å². The van der Waals surface area contributed by atoms with Crippen molar-refractivity contribution >= 4 is 28.3 Å². The second-order valence-electron chi connectivity index (χ2n) is 5.08. The van der Waals surface area contributed by atoms with Crippen LogP contribution in [-0.4, -0.2) is 26.2 Å². The molecule has 0 unspecified atom stereocenters. The van der Waals surface area contributed by atoms with Crippen LogP contribution >= 0.6 is 11.6 Å². The lowest BCUT2D eigenvalue weighted by molar-refractivity contribution is -0.384. The molecule has 124 valence electrons. The fraction of sp³-hybridized carbons (Fsp3) is 0.188. The highest BCUT2D eigenvalue weighted by atomic mass is 35.5. The Bertz CT molecular complexity index is 877. The van der Waals surface area contributed by atoms with Gasteiger partial charge in [0.25, 0.3) is 5.69 Å². The number of fused-ring (bicyclic) bond motifs is 1. The normalized spacial score (nSPS) is 10.9. The molecule has 7 nitrogen and oxygen atoms in total. The number of non-ortho nitro benzene ring substituents is 1. The molecule has 0 atom stereocenters. The van der Waals surface area contributed by atoms with E-state index in [1.165, 1.54) is 24.3 Å². The van der Waals surface area contributed by atoms with E-state index in [-0.39, 0.29) is 18.9 Å². The molecule has 24 heavy (non-hydrogen) atoms. The van der Waals surface area contributed by atoms with Gasteiger partial charge in [-0.15, -0.1) is 0 Å². The van der Waals surface area contributed by atoms with Crippen LogP contribution in [0, 0.1) is 10.1 Å². The van der Waals surface area contributed by atoms with Gasteiger partial charge in [-0.25, -0.2) is 4.98 Å². The first-order valence-electron chi connectivity index (χ1n) is 7.21. The largest absolute Gasteiger partial charge is 0.486 e. The van der Waals surface area contributed by atoms with E-state index in [0.29, 0.717) is 23.1 Å². The molecular formula is C16H14ClN3O4. The molecule has 0 aliphatic rings.